The Balaban J connectivity index is 1.46. The van der Waals surface area contributed by atoms with E-state index < -0.39 is 27.9 Å². The van der Waals surface area contributed by atoms with E-state index >= 15 is 0 Å². The highest BCUT2D eigenvalue weighted by molar-refractivity contribution is 7.86. The van der Waals surface area contributed by atoms with Gasteiger partial charge in [0.1, 0.15) is 11.5 Å². The van der Waals surface area contributed by atoms with Crippen LogP contribution in [0.4, 0.5) is 4.39 Å². The van der Waals surface area contributed by atoms with Crippen LogP contribution in [0, 0.1) is 17.7 Å². The third kappa shape index (κ3) is 3.82. The highest BCUT2D eigenvalue weighted by Gasteiger charge is 2.44. The summed E-state index contributed by atoms with van der Waals surface area (Å²) in [5.74, 6) is -0.932. The maximum absolute atomic E-state index is 13.1. The fourth-order valence-electron chi connectivity index (χ4n) is 3.96. The maximum Gasteiger partial charge on any atom is 0.282 e. The number of aromatic amines is 1. The molecule has 0 radical (unpaired) electrons. The number of halogens is 2. The SMILES string of the molecule is C[C@H]1CN(S(=O)(=O)N2CC(C(N)=O)C2)CC[C@H]1c1[nH]c(-c2ccc(F)cn2)nc1Cl. The topological polar surface area (TPSA) is 125 Å². The largest absolute Gasteiger partial charge is 0.369 e. The third-order valence-corrected chi connectivity index (χ3v) is 8.02. The van der Waals surface area contributed by atoms with Gasteiger partial charge in [0.15, 0.2) is 11.0 Å². The molecule has 0 aromatic carbocycles. The van der Waals surface area contributed by atoms with Gasteiger partial charge in [-0.05, 0) is 24.5 Å². The Morgan fingerprint density at radius 2 is 2.03 bits per heavy atom. The van der Waals surface area contributed by atoms with E-state index in [-0.39, 0.29) is 24.9 Å². The molecule has 0 bridgehead atoms. The highest BCUT2D eigenvalue weighted by atomic mass is 35.5. The lowest BCUT2D eigenvalue weighted by atomic mass is 9.86. The van der Waals surface area contributed by atoms with E-state index in [4.69, 9.17) is 17.3 Å². The van der Waals surface area contributed by atoms with Crippen LogP contribution in [0.3, 0.4) is 0 Å². The lowest BCUT2D eigenvalue weighted by Crippen LogP contribution is -2.59. The number of carbonyl (C=O) groups excluding carboxylic acids is 1. The van der Waals surface area contributed by atoms with Crippen LogP contribution in [0.1, 0.15) is 25.0 Å². The van der Waals surface area contributed by atoms with E-state index in [9.17, 15) is 17.6 Å². The first-order valence-electron chi connectivity index (χ1n) is 9.58. The summed E-state index contributed by atoms with van der Waals surface area (Å²) in [7, 11) is -3.63. The minimum absolute atomic E-state index is 0.0135. The molecule has 30 heavy (non-hydrogen) atoms. The molecule has 3 N–H and O–H groups in total. The van der Waals surface area contributed by atoms with Crippen molar-refractivity contribution < 1.29 is 17.6 Å². The molecule has 2 aliphatic rings. The Morgan fingerprint density at radius 3 is 2.63 bits per heavy atom. The fourth-order valence-corrected chi connectivity index (χ4v) is 6.06. The molecule has 2 saturated heterocycles. The molecule has 2 fully saturated rings. The average Bonchev–Trinajstić information content (AvgIpc) is 3.02. The Labute approximate surface area is 178 Å². The van der Waals surface area contributed by atoms with Crippen molar-refractivity contribution in [2.24, 2.45) is 17.6 Å². The van der Waals surface area contributed by atoms with Crippen molar-refractivity contribution in [3.63, 3.8) is 0 Å². The summed E-state index contributed by atoms with van der Waals surface area (Å²) in [6, 6.07) is 2.81. The number of hydrogen-bond donors (Lipinski definition) is 2. The average molecular weight is 457 g/mol. The fraction of sp³-hybridized carbons (Fsp3) is 0.500. The lowest BCUT2D eigenvalue weighted by molar-refractivity contribution is -0.124. The minimum atomic E-state index is -3.63. The molecule has 1 amide bonds. The number of nitrogens with two attached hydrogens (primary N) is 1. The van der Waals surface area contributed by atoms with Crippen LogP contribution >= 0.6 is 11.6 Å². The van der Waals surface area contributed by atoms with Crippen LogP contribution in [-0.4, -0.2) is 64.1 Å². The summed E-state index contributed by atoms with van der Waals surface area (Å²) in [6.45, 7) is 2.87. The minimum Gasteiger partial charge on any atom is -0.369 e. The number of nitrogens with one attached hydrogen (secondary N) is 1. The number of primary amides is 1. The number of hydrogen-bond acceptors (Lipinski definition) is 5. The van der Waals surface area contributed by atoms with Crippen molar-refractivity contribution in [1.82, 2.24) is 23.6 Å². The molecular formula is C18H22ClFN6O3S. The van der Waals surface area contributed by atoms with Gasteiger partial charge in [0.25, 0.3) is 10.2 Å². The predicted molar refractivity (Wildman–Crippen MR) is 108 cm³/mol. The van der Waals surface area contributed by atoms with Gasteiger partial charge < -0.3 is 10.7 Å². The van der Waals surface area contributed by atoms with E-state index in [1.54, 1.807) is 0 Å². The second-order valence-electron chi connectivity index (χ2n) is 7.81. The molecular weight excluding hydrogens is 435 g/mol. The van der Waals surface area contributed by atoms with Crippen molar-refractivity contribution in [3.8, 4) is 11.5 Å². The Hall–Kier alpha value is -2.08. The predicted octanol–water partition coefficient (Wildman–Crippen LogP) is 1.35. The van der Waals surface area contributed by atoms with Crippen molar-refractivity contribution in [2.45, 2.75) is 19.3 Å². The van der Waals surface area contributed by atoms with Crippen LogP contribution in [-0.2, 0) is 15.0 Å². The summed E-state index contributed by atoms with van der Waals surface area (Å²) in [6.07, 6.45) is 1.67. The highest BCUT2D eigenvalue weighted by Crippen LogP contribution is 2.38. The van der Waals surface area contributed by atoms with E-state index in [1.165, 1.54) is 20.7 Å². The first kappa shape index (κ1) is 21.2. The second-order valence-corrected chi connectivity index (χ2v) is 10.1. The number of amides is 1. The van der Waals surface area contributed by atoms with Gasteiger partial charge in [-0.1, -0.05) is 18.5 Å². The monoisotopic (exact) mass is 456 g/mol. The molecule has 12 heteroatoms. The summed E-state index contributed by atoms with van der Waals surface area (Å²) in [5, 5.41) is 0.302. The summed E-state index contributed by atoms with van der Waals surface area (Å²) in [4.78, 5) is 22.7. The van der Waals surface area contributed by atoms with Crippen LogP contribution in [0.5, 0.6) is 0 Å². The van der Waals surface area contributed by atoms with Gasteiger partial charge in [-0.3, -0.25) is 4.79 Å². The van der Waals surface area contributed by atoms with Gasteiger partial charge >= 0.3 is 0 Å². The molecule has 0 saturated carbocycles. The van der Waals surface area contributed by atoms with E-state index in [2.05, 4.69) is 15.0 Å². The van der Waals surface area contributed by atoms with E-state index in [0.29, 0.717) is 36.2 Å². The smallest absolute Gasteiger partial charge is 0.282 e. The molecule has 0 spiro atoms. The Morgan fingerprint density at radius 1 is 1.30 bits per heavy atom. The van der Waals surface area contributed by atoms with E-state index in [0.717, 1.165) is 11.9 Å². The van der Waals surface area contributed by atoms with Gasteiger partial charge in [-0.15, -0.1) is 0 Å². The zero-order chi connectivity index (χ0) is 21.6. The Kier molecular flexibility index (Phi) is 5.56. The molecule has 0 aliphatic carbocycles. The number of H-pyrrole nitrogens is 1. The molecule has 2 aliphatic heterocycles. The molecule has 2 atom stereocenters. The van der Waals surface area contributed by atoms with Crippen molar-refractivity contribution in [1.29, 1.82) is 0 Å². The maximum atomic E-state index is 13.1. The summed E-state index contributed by atoms with van der Waals surface area (Å²) in [5.41, 5.74) is 6.43. The molecule has 4 rings (SSSR count). The molecule has 2 aromatic rings. The summed E-state index contributed by atoms with van der Waals surface area (Å²) >= 11 is 6.35. The quantitative estimate of drug-likeness (QED) is 0.702. The number of carbonyl (C=O) groups is 1. The van der Waals surface area contributed by atoms with Gasteiger partial charge in [0, 0.05) is 32.1 Å². The molecule has 4 heterocycles. The molecule has 9 nitrogen and oxygen atoms in total. The van der Waals surface area contributed by atoms with Gasteiger partial charge in [0.05, 0.1) is 17.8 Å². The van der Waals surface area contributed by atoms with Gasteiger partial charge in [-0.2, -0.15) is 17.0 Å². The zero-order valence-corrected chi connectivity index (χ0v) is 17.8. The van der Waals surface area contributed by atoms with Crippen molar-refractivity contribution in [2.75, 3.05) is 26.2 Å². The van der Waals surface area contributed by atoms with Crippen LogP contribution in [0.15, 0.2) is 18.3 Å². The van der Waals surface area contributed by atoms with Crippen molar-refractivity contribution in [3.05, 3.63) is 35.0 Å². The normalized spacial score (nSPS) is 24.0. The Bertz CT molecular complexity index is 1050. The standard InChI is InChI=1S/C18H22ClFN6O3S/c1-10-7-25(30(28,29)26-8-11(9-26)17(21)27)5-4-13(10)15-16(19)24-18(23-15)14-3-2-12(20)6-22-14/h2-3,6,10-11,13H,4-5,7-9H2,1H3,(H2,21,27)(H,23,24)/t10-,13+/m0/s1. The summed E-state index contributed by atoms with van der Waals surface area (Å²) < 4.78 is 41.5. The van der Waals surface area contributed by atoms with Crippen molar-refractivity contribution >= 4 is 27.7 Å². The zero-order valence-electron chi connectivity index (χ0n) is 16.3. The first-order chi connectivity index (χ1) is 14.2. The first-order valence-corrected chi connectivity index (χ1v) is 11.4. The number of piperidine rings is 1. The van der Waals surface area contributed by atoms with E-state index in [1.807, 2.05) is 6.92 Å². The van der Waals surface area contributed by atoms with Gasteiger partial charge in [0.2, 0.25) is 5.91 Å². The number of nitrogens with zero attached hydrogens (tertiary/aromatic N) is 4. The molecule has 2 aromatic heterocycles. The van der Waals surface area contributed by atoms with Crippen LogP contribution in [0.25, 0.3) is 11.5 Å². The van der Waals surface area contributed by atoms with Gasteiger partial charge in [-0.25, -0.2) is 14.4 Å². The number of rotatable bonds is 5. The molecule has 0 unspecified atom stereocenters. The lowest BCUT2D eigenvalue weighted by Gasteiger charge is -2.42. The number of imidazole rings is 1. The van der Waals surface area contributed by atoms with Crippen LogP contribution < -0.4 is 5.73 Å². The number of pyridine rings is 1. The second kappa shape index (κ2) is 7.88. The van der Waals surface area contributed by atoms with Crippen LogP contribution in [0.2, 0.25) is 5.15 Å². The third-order valence-electron chi connectivity index (χ3n) is 5.80. The molecule has 162 valence electrons. The number of aromatic nitrogens is 3.